The Morgan fingerprint density at radius 2 is 1.50 bits per heavy atom. The highest BCUT2D eigenvalue weighted by atomic mass is 19.3. The molecule has 4 heteroatoms. The summed E-state index contributed by atoms with van der Waals surface area (Å²) in [4.78, 5) is 0. The van der Waals surface area contributed by atoms with Crippen molar-refractivity contribution in [3.8, 4) is 0 Å². The molecular weight excluding hydrogens is 217 g/mol. The number of methoxy groups -OCH3 is 1. The fraction of sp³-hybridized carbons (Fsp3) is 0.500. The Kier molecular flexibility index (Phi) is 13.1. The third-order valence-electron chi connectivity index (χ3n) is 1.50. The minimum absolute atomic E-state index is 0.160. The van der Waals surface area contributed by atoms with Crippen molar-refractivity contribution in [1.29, 1.82) is 0 Å². The highest BCUT2D eigenvalue weighted by Crippen LogP contribution is 2.01. The van der Waals surface area contributed by atoms with Crippen molar-refractivity contribution < 1.29 is 17.9 Å². The summed E-state index contributed by atoms with van der Waals surface area (Å²) in [6, 6.07) is 6.57. The molecule has 0 aromatic heterocycles. The quantitative estimate of drug-likeness (QED) is 0.745. The predicted molar refractivity (Wildman–Crippen MR) is 60.1 cm³/mol. The van der Waals surface area contributed by atoms with Crippen LogP contribution in [0.25, 0.3) is 0 Å². The maximum absolute atomic E-state index is 12.2. The van der Waals surface area contributed by atoms with E-state index in [1.165, 1.54) is 17.7 Å². The number of hydrogen-bond acceptors (Lipinski definition) is 1. The average Bonchev–Trinajstić information content (AvgIpc) is 2.33. The van der Waals surface area contributed by atoms with E-state index in [-0.39, 0.29) is 5.82 Å². The third-order valence-corrected chi connectivity index (χ3v) is 1.50. The minimum Gasteiger partial charge on any atom is -0.326 e. The zero-order chi connectivity index (χ0) is 13.0. The zero-order valence-corrected chi connectivity index (χ0v) is 10.1. The van der Waals surface area contributed by atoms with E-state index in [1.54, 1.807) is 12.1 Å². The van der Waals surface area contributed by atoms with Gasteiger partial charge >= 0.3 is 6.61 Å². The third kappa shape index (κ3) is 11.0. The molecule has 1 rings (SSSR count). The largest absolute Gasteiger partial charge is 0.345 e. The van der Waals surface area contributed by atoms with Gasteiger partial charge in [0.15, 0.2) is 0 Å². The number of ether oxygens (including phenoxy) is 1. The molecule has 16 heavy (non-hydrogen) atoms. The van der Waals surface area contributed by atoms with Gasteiger partial charge in [0.25, 0.3) is 0 Å². The number of alkyl halides is 2. The molecule has 0 saturated carbocycles. The van der Waals surface area contributed by atoms with Gasteiger partial charge in [-0.15, -0.1) is 0 Å². The van der Waals surface area contributed by atoms with E-state index in [9.17, 15) is 13.2 Å². The predicted octanol–water partition coefficient (Wildman–Crippen LogP) is 4.27. The molecule has 0 heterocycles. The van der Waals surface area contributed by atoms with Crippen molar-refractivity contribution in [1.82, 2.24) is 0 Å². The first-order chi connectivity index (χ1) is 7.60. The topological polar surface area (TPSA) is 9.23 Å². The van der Waals surface area contributed by atoms with E-state index in [4.69, 9.17) is 0 Å². The van der Waals surface area contributed by atoms with E-state index < -0.39 is 6.61 Å². The molecule has 0 atom stereocenters. The summed E-state index contributed by atoms with van der Waals surface area (Å²) in [5.41, 5.74) is 1.18. The summed E-state index contributed by atoms with van der Waals surface area (Å²) >= 11 is 0. The molecule has 1 aromatic carbocycles. The van der Waals surface area contributed by atoms with Gasteiger partial charge in [-0.1, -0.05) is 32.9 Å². The van der Waals surface area contributed by atoms with Crippen LogP contribution in [0.15, 0.2) is 24.3 Å². The van der Waals surface area contributed by atoms with Gasteiger partial charge in [-0.3, -0.25) is 0 Å². The molecule has 0 N–H and O–H groups in total. The van der Waals surface area contributed by atoms with E-state index in [2.05, 4.69) is 4.74 Å². The molecule has 0 aliphatic carbocycles. The van der Waals surface area contributed by atoms with Crippen molar-refractivity contribution in [3.63, 3.8) is 0 Å². The average molecular weight is 236 g/mol. The van der Waals surface area contributed by atoms with Gasteiger partial charge in [0.2, 0.25) is 0 Å². The Hall–Kier alpha value is -1.03. The standard InChI is InChI=1S/C8H9F.C2H4F2O.C2H6/c1-2-7-3-5-8(9)6-4-7;1-5-2(3)4;1-2/h3-6H,2H2,1H3;2H,1H3;1-2H3. The summed E-state index contributed by atoms with van der Waals surface area (Å²) in [7, 11) is 0.949. The molecule has 0 spiro atoms. The second-order valence-electron chi connectivity index (χ2n) is 2.48. The molecule has 0 bridgehead atoms. The highest BCUT2D eigenvalue weighted by molar-refractivity contribution is 5.15. The molecule has 1 aromatic rings. The van der Waals surface area contributed by atoms with Gasteiger partial charge in [0, 0.05) is 7.11 Å². The Bertz CT molecular complexity index is 235. The van der Waals surface area contributed by atoms with Crippen molar-refractivity contribution in [3.05, 3.63) is 35.6 Å². The monoisotopic (exact) mass is 236 g/mol. The zero-order valence-electron chi connectivity index (χ0n) is 10.1. The fourth-order valence-corrected chi connectivity index (χ4v) is 0.720. The van der Waals surface area contributed by atoms with Crippen LogP contribution < -0.4 is 0 Å². The van der Waals surface area contributed by atoms with Gasteiger partial charge in [0.05, 0.1) is 0 Å². The molecule has 0 aliphatic heterocycles. The molecule has 0 unspecified atom stereocenters. The first kappa shape index (κ1) is 17.4. The Morgan fingerprint density at radius 1 is 1.12 bits per heavy atom. The van der Waals surface area contributed by atoms with Crippen LogP contribution in [0.4, 0.5) is 13.2 Å². The number of halogens is 3. The second kappa shape index (κ2) is 12.0. The first-order valence-electron chi connectivity index (χ1n) is 5.15. The second-order valence-corrected chi connectivity index (χ2v) is 2.48. The van der Waals surface area contributed by atoms with E-state index in [0.29, 0.717) is 0 Å². The molecular formula is C12H19F3O. The highest BCUT2D eigenvalue weighted by Gasteiger charge is 1.90. The SMILES string of the molecule is CC.CCc1ccc(F)cc1.COC(F)F. The van der Waals surface area contributed by atoms with Crippen LogP contribution in [-0.2, 0) is 11.2 Å². The van der Waals surface area contributed by atoms with Gasteiger partial charge in [-0.2, -0.15) is 8.78 Å². The molecule has 0 amide bonds. The molecule has 0 radical (unpaired) electrons. The Morgan fingerprint density at radius 3 is 1.75 bits per heavy atom. The van der Waals surface area contributed by atoms with Gasteiger partial charge in [-0.25, -0.2) is 4.39 Å². The summed E-state index contributed by atoms with van der Waals surface area (Å²) in [5, 5.41) is 0. The van der Waals surface area contributed by atoms with Crippen LogP contribution in [0.1, 0.15) is 26.3 Å². The number of hydrogen-bond donors (Lipinski definition) is 0. The molecule has 0 aliphatic rings. The molecule has 0 saturated heterocycles. The lowest BCUT2D eigenvalue weighted by Crippen LogP contribution is -1.89. The van der Waals surface area contributed by atoms with E-state index >= 15 is 0 Å². The van der Waals surface area contributed by atoms with Gasteiger partial charge in [0.1, 0.15) is 5.82 Å². The van der Waals surface area contributed by atoms with E-state index in [1.807, 2.05) is 20.8 Å². The normalized spacial score (nSPS) is 8.75. The van der Waals surface area contributed by atoms with E-state index in [0.717, 1.165) is 13.5 Å². The molecule has 1 nitrogen and oxygen atoms in total. The van der Waals surface area contributed by atoms with Gasteiger partial charge < -0.3 is 4.74 Å². The van der Waals surface area contributed by atoms with Crippen molar-refractivity contribution in [2.45, 2.75) is 33.8 Å². The molecule has 94 valence electrons. The van der Waals surface area contributed by atoms with Crippen LogP contribution >= 0.6 is 0 Å². The van der Waals surface area contributed by atoms with Crippen molar-refractivity contribution in [2.75, 3.05) is 7.11 Å². The van der Waals surface area contributed by atoms with Gasteiger partial charge in [-0.05, 0) is 24.1 Å². The number of benzene rings is 1. The first-order valence-corrected chi connectivity index (χ1v) is 5.15. The number of aryl methyl sites for hydroxylation is 1. The minimum atomic E-state index is -2.62. The Balaban J connectivity index is 0. The number of rotatable bonds is 2. The maximum Gasteiger partial charge on any atom is 0.345 e. The Labute approximate surface area is 95.2 Å². The lowest BCUT2D eigenvalue weighted by Gasteiger charge is -1.92. The van der Waals surface area contributed by atoms with Crippen molar-refractivity contribution in [2.24, 2.45) is 0 Å². The van der Waals surface area contributed by atoms with Crippen LogP contribution in [-0.4, -0.2) is 13.7 Å². The van der Waals surface area contributed by atoms with Crippen LogP contribution in [0.3, 0.4) is 0 Å². The summed E-state index contributed by atoms with van der Waals surface area (Å²) < 4.78 is 36.7. The molecule has 0 fully saturated rings. The summed E-state index contributed by atoms with van der Waals surface area (Å²) in [6.07, 6.45) is 0.972. The summed E-state index contributed by atoms with van der Waals surface area (Å²) in [6.45, 7) is 3.43. The summed E-state index contributed by atoms with van der Waals surface area (Å²) in [5.74, 6) is -0.160. The van der Waals surface area contributed by atoms with Crippen LogP contribution in [0, 0.1) is 5.82 Å². The fourth-order valence-electron chi connectivity index (χ4n) is 0.720. The lowest BCUT2D eigenvalue weighted by molar-refractivity contribution is -0.105. The lowest BCUT2D eigenvalue weighted by atomic mass is 10.2. The van der Waals surface area contributed by atoms with Crippen LogP contribution in [0.2, 0.25) is 0 Å². The maximum atomic E-state index is 12.2. The van der Waals surface area contributed by atoms with Crippen LogP contribution in [0.5, 0.6) is 0 Å². The smallest absolute Gasteiger partial charge is 0.326 e. The van der Waals surface area contributed by atoms with Crippen molar-refractivity contribution >= 4 is 0 Å².